The lowest BCUT2D eigenvalue weighted by atomic mass is 9.95. The summed E-state index contributed by atoms with van der Waals surface area (Å²) in [6.07, 6.45) is -5.58. The fourth-order valence-corrected chi connectivity index (χ4v) is 3.27. The van der Waals surface area contributed by atoms with E-state index in [-0.39, 0.29) is 23.5 Å². The first-order valence-corrected chi connectivity index (χ1v) is 8.63. The van der Waals surface area contributed by atoms with Crippen LogP contribution in [-0.2, 0) is 12.4 Å². The molecule has 4 nitrogen and oxygen atoms in total. The summed E-state index contributed by atoms with van der Waals surface area (Å²) < 4.78 is 77.7. The molecule has 0 heterocycles. The molecule has 0 aromatic heterocycles. The Morgan fingerprint density at radius 3 is 1.75 bits per heavy atom. The zero-order valence-electron chi connectivity index (χ0n) is 14.4. The number of benzene rings is 1. The average Bonchev–Trinajstić information content (AvgIpc) is 2.63. The Hall–Kier alpha value is -2.52. The standard InChI is InChI=1S/C18H16F6N2O2/c19-17(20,21)9-6-10(18(22,23)24)8-12(7-9)26-14-13(15(27)16(14)28)25-11-4-2-1-3-5-11/h6-8,11,25-26H,1-5H2. The van der Waals surface area contributed by atoms with Crippen LogP contribution in [0.5, 0.6) is 0 Å². The molecule has 0 bridgehead atoms. The summed E-state index contributed by atoms with van der Waals surface area (Å²) in [5, 5.41) is 5.17. The molecule has 0 spiro atoms. The van der Waals surface area contributed by atoms with Gasteiger partial charge in [0, 0.05) is 11.7 Å². The van der Waals surface area contributed by atoms with Crippen molar-refractivity contribution in [3.8, 4) is 0 Å². The van der Waals surface area contributed by atoms with Gasteiger partial charge in [-0.2, -0.15) is 26.3 Å². The minimum atomic E-state index is -5.01. The molecule has 2 aromatic rings. The van der Waals surface area contributed by atoms with Crippen LogP contribution in [-0.4, -0.2) is 6.04 Å². The van der Waals surface area contributed by atoms with Gasteiger partial charge >= 0.3 is 12.4 Å². The van der Waals surface area contributed by atoms with Crippen molar-refractivity contribution in [3.63, 3.8) is 0 Å². The van der Waals surface area contributed by atoms with Crippen molar-refractivity contribution in [2.45, 2.75) is 50.5 Å². The summed E-state index contributed by atoms with van der Waals surface area (Å²) in [4.78, 5) is 23.6. The normalized spacial score (nSPS) is 16.4. The lowest BCUT2D eigenvalue weighted by Gasteiger charge is -2.25. The highest BCUT2D eigenvalue weighted by Gasteiger charge is 2.37. The molecule has 0 aliphatic heterocycles. The Kier molecular flexibility index (Phi) is 5.16. The van der Waals surface area contributed by atoms with Crippen molar-refractivity contribution >= 4 is 17.1 Å². The molecule has 2 aromatic carbocycles. The largest absolute Gasteiger partial charge is 0.416 e. The minimum Gasteiger partial charge on any atom is -0.377 e. The quantitative estimate of drug-likeness (QED) is 0.565. The van der Waals surface area contributed by atoms with E-state index in [9.17, 15) is 35.9 Å². The number of anilines is 3. The summed E-state index contributed by atoms with van der Waals surface area (Å²) in [6.45, 7) is 0. The average molecular weight is 406 g/mol. The van der Waals surface area contributed by atoms with Crippen LogP contribution in [0.3, 0.4) is 0 Å². The monoisotopic (exact) mass is 406 g/mol. The smallest absolute Gasteiger partial charge is 0.377 e. The van der Waals surface area contributed by atoms with Crippen LogP contribution in [0, 0.1) is 0 Å². The van der Waals surface area contributed by atoms with E-state index in [1.165, 1.54) is 0 Å². The maximum Gasteiger partial charge on any atom is 0.416 e. The Labute approximate surface area is 155 Å². The van der Waals surface area contributed by atoms with Crippen LogP contribution < -0.4 is 21.5 Å². The highest BCUT2D eigenvalue weighted by molar-refractivity contribution is 5.79. The van der Waals surface area contributed by atoms with Crippen molar-refractivity contribution in [1.82, 2.24) is 0 Å². The number of hydrogen-bond acceptors (Lipinski definition) is 4. The van der Waals surface area contributed by atoms with Crippen molar-refractivity contribution in [2.75, 3.05) is 10.6 Å². The first-order valence-electron chi connectivity index (χ1n) is 8.63. The molecule has 1 saturated carbocycles. The molecular formula is C18H16F6N2O2. The van der Waals surface area contributed by atoms with Gasteiger partial charge in [-0.05, 0) is 31.0 Å². The van der Waals surface area contributed by atoms with Crippen molar-refractivity contribution in [2.24, 2.45) is 0 Å². The molecular weight excluding hydrogens is 390 g/mol. The zero-order chi connectivity index (χ0) is 20.7. The fraction of sp³-hybridized carbons (Fsp3) is 0.444. The minimum absolute atomic E-state index is 0.00546. The second-order valence-electron chi connectivity index (χ2n) is 6.81. The highest BCUT2D eigenvalue weighted by atomic mass is 19.4. The van der Waals surface area contributed by atoms with Crippen LogP contribution in [0.2, 0.25) is 0 Å². The van der Waals surface area contributed by atoms with Gasteiger partial charge in [-0.25, -0.2) is 0 Å². The number of rotatable bonds is 4. The first kappa shape index (κ1) is 20.2. The van der Waals surface area contributed by atoms with Crippen LogP contribution in [0.15, 0.2) is 27.8 Å². The molecule has 1 aliphatic rings. The second-order valence-corrected chi connectivity index (χ2v) is 6.81. The van der Waals surface area contributed by atoms with Crippen molar-refractivity contribution < 1.29 is 26.3 Å². The topological polar surface area (TPSA) is 58.2 Å². The van der Waals surface area contributed by atoms with E-state index in [1.807, 2.05) is 0 Å². The Bertz CT molecular complexity index is 903. The Morgan fingerprint density at radius 1 is 0.750 bits per heavy atom. The number of halogens is 6. The number of hydrogen-bond donors (Lipinski definition) is 2. The summed E-state index contributed by atoms with van der Waals surface area (Å²) >= 11 is 0. The predicted molar refractivity (Wildman–Crippen MR) is 91.6 cm³/mol. The SMILES string of the molecule is O=c1c(Nc2cc(C(F)(F)F)cc(C(F)(F)F)c2)c(NC2CCCCC2)c1=O. The Morgan fingerprint density at radius 2 is 1.25 bits per heavy atom. The molecule has 0 atom stereocenters. The van der Waals surface area contributed by atoms with E-state index >= 15 is 0 Å². The summed E-state index contributed by atoms with van der Waals surface area (Å²) in [5.41, 5.74) is -5.82. The van der Waals surface area contributed by atoms with Crippen molar-refractivity contribution in [3.05, 3.63) is 49.8 Å². The van der Waals surface area contributed by atoms with Crippen LogP contribution in [0.1, 0.15) is 43.2 Å². The molecule has 152 valence electrons. The third-order valence-electron chi connectivity index (χ3n) is 4.72. The number of nitrogens with one attached hydrogen (secondary N) is 2. The lowest BCUT2D eigenvalue weighted by Crippen LogP contribution is -2.39. The maximum atomic E-state index is 13.0. The van der Waals surface area contributed by atoms with Gasteiger partial charge in [0.2, 0.25) is 0 Å². The molecule has 1 aliphatic carbocycles. The van der Waals surface area contributed by atoms with Crippen LogP contribution in [0.4, 0.5) is 43.4 Å². The first-order chi connectivity index (χ1) is 13.0. The summed E-state index contributed by atoms with van der Waals surface area (Å²) in [6, 6.07) is 0.867. The van der Waals surface area contributed by atoms with Gasteiger partial charge in [0.15, 0.2) is 0 Å². The lowest BCUT2D eigenvalue weighted by molar-refractivity contribution is -0.143. The number of alkyl halides is 6. The van der Waals surface area contributed by atoms with E-state index in [4.69, 9.17) is 0 Å². The molecule has 0 amide bonds. The van der Waals surface area contributed by atoms with E-state index < -0.39 is 40.0 Å². The molecule has 10 heteroatoms. The highest BCUT2D eigenvalue weighted by Crippen LogP contribution is 2.38. The fourth-order valence-electron chi connectivity index (χ4n) is 3.27. The van der Waals surface area contributed by atoms with Gasteiger partial charge in [-0.1, -0.05) is 19.3 Å². The zero-order valence-corrected chi connectivity index (χ0v) is 14.4. The van der Waals surface area contributed by atoms with Gasteiger partial charge in [0.25, 0.3) is 10.9 Å². The van der Waals surface area contributed by atoms with Crippen LogP contribution in [0.25, 0.3) is 0 Å². The van der Waals surface area contributed by atoms with Gasteiger partial charge in [0.1, 0.15) is 11.4 Å². The molecule has 28 heavy (non-hydrogen) atoms. The van der Waals surface area contributed by atoms with Crippen molar-refractivity contribution in [1.29, 1.82) is 0 Å². The molecule has 0 saturated heterocycles. The van der Waals surface area contributed by atoms with Gasteiger partial charge < -0.3 is 10.6 Å². The Balaban J connectivity index is 1.92. The molecule has 2 N–H and O–H groups in total. The molecule has 0 radical (unpaired) electrons. The van der Waals surface area contributed by atoms with Gasteiger partial charge in [0.05, 0.1) is 11.1 Å². The van der Waals surface area contributed by atoms with Crippen LogP contribution >= 0.6 is 0 Å². The maximum absolute atomic E-state index is 13.0. The van der Waals surface area contributed by atoms with Gasteiger partial charge in [-0.15, -0.1) is 0 Å². The van der Waals surface area contributed by atoms with E-state index in [2.05, 4.69) is 10.6 Å². The summed E-state index contributed by atoms with van der Waals surface area (Å²) in [7, 11) is 0. The van der Waals surface area contributed by atoms with E-state index in [1.54, 1.807) is 0 Å². The molecule has 1 fully saturated rings. The van der Waals surface area contributed by atoms with Gasteiger partial charge in [-0.3, -0.25) is 9.59 Å². The van der Waals surface area contributed by atoms with E-state index in [0.717, 1.165) is 32.1 Å². The third-order valence-corrected chi connectivity index (χ3v) is 4.72. The second kappa shape index (κ2) is 7.14. The van der Waals surface area contributed by atoms with E-state index in [0.29, 0.717) is 12.1 Å². The predicted octanol–water partition coefficient (Wildman–Crippen LogP) is 4.81. The molecule has 3 rings (SSSR count). The third kappa shape index (κ3) is 4.15. The molecule has 0 unspecified atom stereocenters. The summed E-state index contributed by atoms with van der Waals surface area (Å²) in [5.74, 6) is 0.